The van der Waals surface area contributed by atoms with Crippen molar-refractivity contribution in [2.24, 2.45) is 10.1 Å². The average Bonchev–Trinajstić information content (AvgIpc) is 2.25. The van der Waals surface area contributed by atoms with Crippen LogP contribution >= 0.6 is 0 Å². The van der Waals surface area contributed by atoms with Gasteiger partial charge in [0.15, 0.2) is 0 Å². The number of nitrogens with one attached hydrogen (secondary N) is 1. The van der Waals surface area contributed by atoms with E-state index in [4.69, 9.17) is 0 Å². The smallest absolute Gasteiger partial charge is 0.213 e. The van der Waals surface area contributed by atoms with Gasteiger partial charge >= 0.3 is 0 Å². The number of nitrogens with zero attached hydrogens (tertiary/aromatic N) is 3. The van der Waals surface area contributed by atoms with Gasteiger partial charge in [-0.05, 0) is 5.56 Å². The lowest BCUT2D eigenvalue weighted by atomic mass is 10.2. The molecule has 0 amide bonds. The van der Waals surface area contributed by atoms with Crippen LogP contribution in [0.5, 0.6) is 0 Å². The van der Waals surface area contributed by atoms with Gasteiger partial charge in [0.1, 0.15) is 0 Å². The zero-order valence-electron chi connectivity index (χ0n) is 9.31. The Bertz CT molecular complexity index is 341. The van der Waals surface area contributed by atoms with Crippen LogP contribution in [0.2, 0.25) is 0 Å². The maximum atomic E-state index is 4.09. The quantitative estimate of drug-likeness (QED) is 0.446. The molecule has 0 aliphatic heterocycles. The van der Waals surface area contributed by atoms with Crippen molar-refractivity contribution in [2.75, 3.05) is 21.1 Å². The van der Waals surface area contributed by atoms with E-state index in [-0.39, 0.29) is 0 Å². The van der Waals surface area contributed by atoms with Gasteiger partial charge in [-0.15, -0.1) is 0 Å². The molecule has 0 saturated heterocycles. The van der Waals surface area contributed by atoms with Gasteiger partial charge in [-0.25, -0.2) is 5.43 Å². The summed E-state index contributed by atoms with van der Waals surface area (Å²) in [6.07, 6.45) is 1.76. The third-order valence-electron chi connectivity index (χ3n) is 1.81. The summed E-state index contributed by atoms with van der Waals surface area (Å²) in [6.45, 7) is 0. The highest BCUT2D eigenvalue weighted by Gasteiger charge is 1.95. The van der Waals surface area contributed by atoms with E-state index in [1.54, 1.807) is 13.3 Å². The van der Waals surface area contributed by atoms with Crippen LogP contribution in [-0.4, -0.2) is 38.2 Å². The zero-order valence-corrected chi connectivity index (χ0v) is 9.31. The van der Waals surface area contributed by atoms with Crippen LogP contribution in [-0.2, 0) is 0 Å². The van der Waals surface area contributed by atoms with E-state index in [1.165, 1.54) is 0 Å². The first-order valence-electron chi connectivity index (χ1n) is 4.72. The lowest BCUT2D eigenvalue weighted by Crippen LogP contribution is -2.33. The number of benzene rings is 1. The van der Waals surface area contributed by atoms with Crippen LogP contribution in [0.25, 0.3) is 0 Å². The predicted octanol–water partition coefficient (Wildman–Crippen LogP) is 1.16. The minimum atomic E-state index is 0.724. The van der Waals surface area contributed by atoms with Gasteiger partial charge in [0.05, 0.1) is 6.21 Å². The molecule has 4 nitrogen and oxygen atoms in total. The monoisotopic (exact) mass is 204 g/mol. The minimum Gasteiger partial charge on any atom is -0.348 e. The van der Waals surface area contributed by atoms with E-state index >= 15 is 0 Å². The number of aliphatic imine (C=N–C) groups is 1. The Morgan fingerprint density at radius 1 is 1.27 bits per heavy atom. The van der Waals surface area contributed by atoms with E-state index in [1.807, 2.05) is 49.3 Å². The minimum absolute atomic E-state index is 0.724. The van der Waals surface area contributed by atoms with Crippen molar-refractivity contribution in [3.05, 3.63) is 35.9 Å². The maximum Gasteiger partial charge on any atom is 0.213 e. The third kappa shape index (κ3) is 3.81. The number of hydrogen-bond acceptors (Lipinski definition) is 2. The molecule has 0 aromatic heterocycles. The third-order valence-corrected chi connectivity index (χ3v) is 1.81. The second-order valence-corrected chi connectivity index (χ2v) is 3.22. The molecule has 0 atom stereocenters. The van der Waals surface area contributed by atoms with Gasteiger partial charge in [0.25, 0.3) is 0 Å². The molecular weight excluding hydrogens is 188 g/mol. The van der Waals surface area contributed by atoms with Gasteiger partial charge in [-0.3, -0.25) is 4.99 Å². The van der Waals surface area contributed by atoms with Crippen molar-refractivity contribution in [2.45, 2.75) is 0 Å². The highest BCUT2D eigenvalue weighted by Crippen LogP contribution is 1.93. The Hall–Kier alpha value is -1.84. The Kier molecular flexibility index (Phi) is 4.34. The van der Waals surface area contributed by atoms with Gasteiger partial charge in [-0.1, -0.05) is 30.3 Å². The molecule has 0 saturated carbocycles. The summed E-state index contributed by atoms with van der Waals surface area (Å²) in [6, 6.07) is 9.90. The van der Waals surface area contributed by atoms with Gasteiger partial charge < -0.3 is 4.90 Å². The van der Waals surface area contributed by atoms with E-state index in [0.29, 0.717) is 0 Å². The first kappa shape index (κ1) is 11.2. The van der Waals surface area contributed by atoms with Crippen LogP contribution in [0.1, 0.15) is 5.56 Å². The van der Waals surface area contributed by atoms with Crippen LogP contribution in [0.3, 0.4) is 0 Å². The molecule has 0 fully saturated rings. The maximum absolute atomic E-state index is 4.09. The van der Waals surface area contributed by atoms with Crippen molar-refractivity contribution in [3.63, 3.8) is 0 Å². The Labute approximate surface area is 90.3 Å². The van der Waals surface area contributed by atoms with Crippen molar-refractivity contribution >= 4 is 12.2 Å². The molecule has 0 unspecified atom stereocenters. The first-order valence-corrected chi connectivity index (χ1v) is 4.72. The van der Waals surface area contributed by atoms with E-state index in [9.17, 15) is 0 Å². The summed E-state index contributed by atoms with van der Waals surface area (Å²) in [5.74, 6) is 0.724. The number of hydrogen-bond donors (Lipinski definition) is 1. The molecule has 0 spiro atoms. The molecule has 0 radical (unpaired) electrons. The molecule has 0 bridgehead atoms. The van der Waals surface area contributed by atoms with E-state index in [0.717, 1.165) is 11.5 Å². The number of hydrazone groups is 1. The van der Waals surface area contributed by atoms with Crippen LogP contribution < -0.4 is 5.43 Å². The summed E-state index contributed by atoms with van der Waals surface area (Å²) in [5, 5.41) is 4.09. The standard InChI is InChI=1S/C11H16N4/c1-12-11(15(2)3)14-13-9-10-7-5-4-6-8-10/h4-9H,1-3H3,(H,12,14). The molecule has 1 N–H and O–H groups in total. The summed E-state index contributed by atoms with van der Waals surface area (Å²) >= 11 is 0. The molecule has 0 heterocycles. The van der Waals surface area contributed by atoms with Crippen LogP contribution in [0.15, 0.2) is 40.4 Å². The normalized spacial score (nSPS) is 11.8. The number of rotatable bonds is 2. The van der Waals surface area contributed by atoms with E-state index < -0.39 is 0 Å². The lowest BCUT2D eigenvalue weighted by molar-refractivity contribution is 0.589. The second kappa shape index (κ2) is 5.80. The van der Waals surface area contributed by atoms with Crippen molar-refractivity contribution in [1.82, 2.24) is 10.3 Å². The molecule has 0 aliphatic carbocycles. The van der Waals surface area contributed by atoms with Crippen molar-refractivity contribution < 1.29 is 0 Å². The molecule has 15 heavy (non-hydrogen) atoms. The van der Waals surface area contributed by atoms with Crippen molar-refractivity contribution in [3.8, 4) is 0 Å². The highest BCUT2D eigenvalue weighted by atomic mass is 15.4. The predicted molar refractivity (Wildman–Crippen MR) is 64.2 cm³/mol. The molecule has 80 valence electrons. The molecular formula is C11H16N4. The fourth-order valence-corrected chi connectivity index (χ4v) is 1.05. The summed E-state index contributed by atoms with van der Waals surface area (Å²) in [7, 11) is 5.54. The molecule has 1 aromatic carbocycles. The van der Waals surface area contributed by atoms with Gasteiger partial charge in [-0.2, -0.15) is 5.10 Å². The second-order valence-electron chi connectivity index (χ2n) is 3.22. The number of guanidine groups is 1. The zero-order chi connectivity index (χ0) is 11.1. The van der Waals surface area contributed by atoms with E-state index in [2.05, 4.69) is 15.5 Å². The SMILES string of the molecule is CN=C(NN=Cc1ccccc1)N(C)C. The fraction of sp³-hybridized carbons (Fsp3) is 0.273. The topological polar surface area (TPSA) is 40.0 Å². The van der Waals surface area contributed by atoms with Crippen molar-refractivity contribution in [1.29, 1.82) is 0 Å². The summed E-state index contributed by atoms with van der Waals surface area (Å²) in [5.41, 5.74) is 3.92. The molecule has 1 aromatic rings. The first-order chi connectivity index (χ1) is 7.24. The summed E-state index contributed by atoms with van der Waals surface area (Å²) < 4.78 is 0. The Morgan fingerprint density at radius 2 is 1.93 bits per heavy atom. The average molecular weight is 204 g/mol. The fourth-order valence-electron chi connectivity index (χ4n) is 1.05. The lowest BCUT2D eigenvalue weighted by Gasteiger charge is -2.13. The molecule has 4 heteroatoms. The van der Waals surface area contributed by atoms with Gasteiger partial charge in [0.2, 0.25) is 5.96 Å². The Balaban J connectivity index is 2.54. The van der Waals surface area contributed by atoms with Crippen LogP contribution in [0.4, 0.5) is 0 Å². The molecule has 0 aliphatic rings. The largest absolute Gasteiger partial charge is 0.348 e. The molecule has 1 rings (SSSR count). The van der Waals surface area contributed by atoms with Gasteiger partial charge in [0, 0.05) is 21.1 Å². The van der Waals surface area contributed by atoms with Crippen LogP contribution in [0, 0.1) is 0 Å². The Morgan fingerprint density at radius 3 is 2.47 bits per heavy atom. The highest BCUT2D eigenvalue weighted by molar-refractivity contribution is 5.83. The summed E-state index contributed by atoms with van der Waals surface area (Å²) in [4.78, 5) is 5.90.